The predicted molar refractivity (Wildman–Crippen MR) is 48.3 cm³/mol. The second-order valence-corrected chi connectivity index (χ2v) is 3.35. The van der Waals surface area contributed by atoms with Gasteiger partial charge in [0.2, 0.25) is 0 Å². The van der Waals surface area contributed by atoms with Crippen LogP contribution >= 0.6 is 0 Å². The number of nitrogens with zero attached hydrogens (tertiary/aromatic N) is 2. The van der Waals surface area contributed by atoms with Gasteiger partial charge in [-0.3, -0.25) is 0 Å². The van der Waals surface area contributed by atoms with E-state index in [9.17, 15) is 0 Å². The molecule has 1 aliphatic carbocycles. The van der Waals surface area contributed by atoms with Gasteiger partial charge in [-0.25, -0.2) is 0 Å². The minimum atomic E-state index is -0.610. The van der Waals surface area contributed by atoms with Crippen LogP contribution in [-0.4, -0.2) is 5.60 Å². The Bertz CT molecular complexity index is 371. The lowest BCUT2D eigenvalue weighted by molar-refractivity contribution is 0.0979. The van der Waals surface area contributed by atoms with Gasteiger partial charge in [-0.1, -0.05) is 0 Å². The number of nitriles is 2. The highest BCUT2D eigenvalue weighted by molar-refractivity contribution is 5.29. The quantitative estimate of drug-likeness (QED) is 0.624. The van der Waals surface area contributed by atoms with Crippen LogP contribution in [0.15, 0.2) is 23.5 Å². The van der Waals surface area contributed by atoms with E-state index >= 15 is 0 Å². The van der Waals surface area contributed by atoms with Crippen molar-refractivity contribution in [2.45, 2.75) is 25.9 Å². The Balaban J connectivity index is 2.82. The second-order valence-electron chi connectivity index (χ2n) is 3.35. The first-order valence-corrected chi connectivity index (χ1v) is 4.13. The molecule has 1 unspecified atom stereocenters. The van der Waals surface area contributed by atoms with E-state index in [0.29, 0.717) is 12.2 Å². The molecule has 0 N–H and O–H groups in total. The highest BCUT2D eigenvalue weighted by Gasteiger charge is 2.28. The molecule has 1 aliphatic rings. The Hall–Kier alpha value is -1.94. The minimum absolute atomic E-state index is 0.534. The summed E-state index contributed by atoms with van der Waals surface area (Å²) in [7, 11) is 0. The number of rotatable bonds is 2. The summed E-state index contributed by atoms with van der Waals surface area (Å²) in [6.07, 6.45) is 7.20. The van der Waals surface area contributed by atoms with Crippen molar-refractivity contribution in [1.29, 1.82) is 10.5 Å². The van der Waals surface area contributed by atoms with E-state index < -0.39 is 5.60 Å². The van der Waals surface area contributed by atoms with E-state index in [2.05, 4.69) is 0 Å². The largest absolute Gasteiger partial charge is 0.417 e. The molecule has 0 bridgehead atoms. The Morgan fingerprint density at radius 1 is 1.43 bits per heavy atom. The smallest absolute Gasteiger partial charge is 0.292 e. The zero-order chi connectivity index (χ0) is 10.6. The van der Waals surface area contributed by atoms with Gasteiger partial charge in [0.15, 0.2) is 0 Å². The van der Waals surface area contributed by atoms with Gasteiger partial charge in [-0.05, 0) is 31.6 Å². The molecule has 0 aromatic rings. The number of hydrogen-bond acceptors (Lipinski definition) is 4. The molecule has 0 radical (unpaired) electrons. The maximum atomic E-state index is 8.43. The van der Waals surface area contributed by atoms with Gasteiger partial charge < -0.3 is 9.47 Å². The first-order valence-electron chi connectivity index (χ1n) is 4.13. The molecule has 72 valence electrons. The van der Waals surface area contributed by atoms with Crippen molar-refractivity contribution in [1.82, 2.24) is 0 Å². The molecule has 0 amide bonds. The minimum Gasteiger partial charge on any atom is -0.417 e. The third-order valence-electron chi connectivity index (χ3n) is 2.06. The average molecular weight is 190 g/mol. The summed E-state index contributed by atoms with van der Waals surface area (Å²) in [5, 5.41) is 16.8. The molecule has 1 rings (SSSR count). The summed E-state index contributed by atoms with van der Waals surface area (Å²) in [4.78, 5) is 0. The normalized spacial score (nSPS) is 25.1. The van der Waals surface area contributed by atoms with E-state index in [0.717, 1.165) is 5.57 Å². The van der Waals surface area contributed by atoms with Crippen LogP contribution in [-0.2, 0) is 9.47 Å². The first kappa shape index (κ1) is 10.1. The monoisotopic (exact) mass is 190 g/mol. The lowest BCUT2D eigenvalue weighted by atomic mass is 9.91. The summed E-state index contributed by atoms with van der Waals surface area (Å²) in [5.41, 5.74) is 0.285. The number of ether oxygens (including phenoxy) is 2. The fraction of sp³-hybridized carbons (Fsp3) is 0.400. The van der Waals surface area contributed by atoms with E-state index in [1.807, 2.05) is 6.92 Å². The van der Waals surface area contributed by atoms with E-state index in [1.54, 1.807) is 31.6 Å². The third-order valence-corrected chi connectivity index (χ3v) is 2.06. The van der Waals surface area contributed by atoms with Crippen LogP contribution in [0.25, 0.3) is 0 Å². The van der Waals surface area contributed by atoms with E-state index in [4.69, 9.17) is 20.0 Å². The molecule has 4 heteroatoms. The molecule has 1 atom stereocenters. The summed E-state index contributed by atoms with van der Waals surface area (Å²) in [6.45, 7) is 3.65. The van der Waals surface area contributed by atoms with Gasteiger partial charge in [0.25, 0.3) is 12.5 Å². The highest BCUT2D eigenvalue weighted by Crippen LogP contribution is 2.29. The van der Waals surface area contributed by atoms with Crippen molar-refractivity contribution < 1.29 is 9.47 Å². The maximum Gasteiger partial charge on any atom is 0.292 e. The molecule has 0 saturated carbocycles. The van der Waals surface area contributed by atoms with Gasteiger partial charge in [0.05, 0.1) is 0 Å². The van der Waals surface area contributed by atoms with Gasteiger partial charge in [-0.15, -0.1) is 5.26 Å². The van der Waals surface area contributed by atoms with Crippen LogP contribution < -0.4 is 0 Å². The lowest BCUT2D eigenvalue weighted by Gasteiger charge is -2.26. The molecule has 14 heavy (non-hydrogen) atoms. The Kier molecular flexibility index (Phi) is 2.79. The number of allylic oxidation sites excluding steroid dienone is 1. The standard InChI is InChI=1S/C10H10N2O2/c1-8-5-10(2,14-7-12)4-3-9(8)13-6-11/h3-4H,5H2,1-2H3. The lowest BCUT2D eigenvalue weighted by Crippen LogP contribution is -2.26. The first-order chi connectivity index (χ1) is 6.61. The fourth-order valence-corrected chi connectivity index (χ4v) is 1.41. The Morgan fingerprint density at radius 3 is 2.64 bits per heavy atom. The van der Waals surface area contributed by atoms with Crippen LogP contribution in [0, 0.1) is 23.0 Å². The maximum absolute atomic E-state index is 8.43. The van der Waals surface area contributed by atoms with Crippen molar-refractivity contribution in [3.8, 4) is 12.5 Å². The fourth-order valence-electron chi connectivity index (χ4n) is 1.41. The van der Waals surface area contributed by atoms with Crippen LogP contribution in [0.5, 0.6) is 0 Å². The molecular weight excluding hydrogens is 180 g/mol. The van der Waals surface area contributed by atoms with Crippen molar-refractivity contribution in [3.63, 3.8) is 0 Å². The van der Waals surface area contributed by atoms with Gasteiger partial charge in [0, 0.05) is 6.42 Å². The molecule has 0 aromatic carbocycles. The average Bonchev–Trinajstić information content (AvgIpc) is 2.10. The summed E-state index contributed by atoms with van der Waals surface area (Å²) < 4.78 is 9.64. The van der Waals surface area contributed by atoms with Crippen molar-refractivity contribution in [3.05, 3.63) is 23.5 Å². The van der Waals surface area contributed by atoms with Gasteiger partial charge >= 0.3 is 0 Å². The molecule has 0 heterocycles. The molecular formula is C10H10N2O2. The zero-order valence-electron chi connectivity index (χ0n) is 8.07. The summed E-state index contributed by atoms with van der Waals surface area (Å²) in [5.74, 6) is 0.534. The molecule has 0 aliphatic heterocycles. The predicted octanol–water partition coefficient (Wildman–Crippen LogP) is 1.97. The van der Waals surface area contributed by atoms with Gasteiger partial charge in [0.1, 0.15) is 11.4 Å². The van der Waals surface area contributed by atoms with E-state index in [-0.39, 0.29) is 0 Å². The molecule has 4 nitrogen and oxygen atoms in total. The van der Waals surface area contributed by atoms with E-state index in [1.165, 1.54) is 0 Å². The Morgan fingerprint density at radius 2 is 2.14 bits per heavy atom. The molecule has 0 aromatic heterocycles. The van der Waals surface area contributed by atoms with Crippen LogP contribution in [0.1, 0.15) is 20.3 Å². The zero-order valence-corrected chi connectivity index (χ0v) is 8.07. The van der Waals surface area contributed by atoms with Crippen LogP contribution in [0.4, 0.5) is 0 Å². The van der Waals surface area contributed by atoms with Crippen molar-refractivity contribution in [2.75, 3.05) is 0 Å². The third kappa shape index (κ3) is 2.05. The topological polar surface area (TPSA) is 66.0 Å². The van der Waals surface area contributed by atoms with Crippen LogP contribution in [0.2, 0.25) is 0 Å². The van der Waals surface area contributed by atoms with Gasteiger partial charge in [-0.2, -0.15) is 5.26 Å². The van der Waals surface area contributed by atoms with Crippen molar-refractivity contribution >= 4 is 0 Å². The Labute approximate surface area is 82.7 Å². The highest BCUT2D eigenvalue weighted by atomic mass is 16.5. The summed E-state index contributed by atoms with van der Waals surface area (Å²) in [6, 6.07) is 0. The van der Waals surface area contributed by atoms with Crippen molar-refractivity contribution in [2.24, 2.45) is 0 Å². The van der Waals surface area contributed by atoms with Crippen LogP contribution in [0.3, 0.4) is 0 Å². The second kappa shape index (κ2) is 3.85. The number of hydrogen-bond donors (Lipinski definition) is 0. The molecule has 0 fully saturated rings. The SMILES string of the molecule is CC1=C(OC#N)C=CC(C)(OC#N)C1. The summed E-state index contributed by atoms with van der Waals surface area (Å²) >= 11 is 0. The molecule has 0 saturated heterocycles. The molecule has 0 spiro atoms.